The van der Waals surface area contributed by atoms with Crippen molar-refractivity contribution in [2.45, 2.75) is 26.4 Å². The first-order chi connectivity index (χ1) is 14.9. The number of hydrogen-bond donors (Lipinski definition) is 2. The first kappa shape index (κ1) is 19.6. The lowest BCUT2D eigenvalue weighted by Crippen LogP contribution is -2.29. The summed E-state index contributed by atoms with van der Waals surface area (Å²) in [5.41, 5.74) is 5.25. The number of phenolic OH excluding ortho intramolecular Hbond substituents is 1. The Balaban J connectivity index is 1.70. The molecule has 1 amide bonds. The summed E-state index contributed by atoms with van der Waals surface area (Å²) in [5.74, 6) is 0.699. The zero-order valence-corrected chi connectivity index (χ0v) is 18.6. The molecule has 0 aliphatic carbocycles. The maximum absolute atomic E-state index is 13.4. The number of rotatable bonds is 4. The van der Waals surface area contributed by atoms with Crippen molar-refractivity contribution < 1.29 is 14.3 Å². The molecule has 31 heavy (non-hydrogen) atoms. The molecule has 1 atom stereocenters. The fourth-order valence-corrected chi connectivity index (χ4v) is 4.63. The minimum absolute atomic E-state index is 0.151. The van der Waals surface area contributed by atoms with Crippen LogP contribution in [0.1, 0.15) is 44.5 Å². The van der Waals surface area contributed by atoms with E-state index in [9.17, 15) is 9.90 Å². The fourth-order valence-electron chi connectivity index (χ4n) is 4.37. The number of aromatic hydroxyl groups is 1. The van der Waals surface area contributed by atoms with Crippen LogP contribution in [-0.2, 0) is 6.54 Å². The average molecular weight is 478 g/mol. The number of furan rings is 1. The Kier molecular flexibility index (Phi) is 4.70. The smallest absolute Gasteiger partial charge is 0.273 e. The maximum atomic E-state index is 13.4. The number of H-pyrrole nitrogens is 1. The maximum Gasteiger partial charge on any atom is 0.273 e. The van der Waals surface area contributed by atoms with Crippen LogP contribution < -0.4 is 0 Å². The highest BCUT2D eigenvalue weighted by atomic mass is 79.9. The van der Waals surface area contributed by atoms with Gasteiger partial charge in [0.1, 0.15) is 22.9 Å². The highest BCUT2D eigenvalue weighted by molar-refractivity contribution is 9.10. The van der Waals surface area contributed by atoms with Gasteiger partial charge >= 0.3 is 0 Å². The van der Waals surface area contributed by atoms with Crippen LogP contribution >= 0.6 is 15.9 Å². The molecule has 1 aliphatic heterocycles. The van der Waals surface area contributed by atoms with Gasteiger partial charge < -0.3 is 14.4 Å². The zero-order chi connectivity index (χ0) is 21.7. The van der Waals surface area contributed by atoms with E-state index >= 15 is 0 Å². The zero-order valence-electron chi connectivity index (χ0n) is 17.0. The minimum Gasteiger partial charge on any atom is -0.507 e. The molecule has 2 N–H and O–H groups in total. The van der Waals surface area contributed by atoms with Crippen molar-refractivity contribution in [1.82, 2.24) is 15.1 Å². The van der Waals surface area contributed by atoms with Gasteiger partial charge in [0.25, 0.3) is 5.91 Å². The van der Waals surface area contributed by atoms with Gasteiger partial charge in [-0.05, 0) is 60.9 Å². The SMILES string of the molecule is Cc1cc(C)c(-c2n[nH]c3c2[C@H](c2ccc(Br)cc2)N(Cc2ccco2)C3=O)c(O)c1. The molecular formula is C24H20BrN3O3. The predicted octanol–water partition coefficient (Wildman–Crippen LogP) is 5.50. The van der Waals surface area contributed by atoms with E-state index < -0.39 is 0 Å². The molecule has 0 saturated carbocycles. The monoisotopic (exact) mass is 477 g/mol. The van der Waals surface area contributed by atoms with Crippen LogP contribution in [0.3, 0.4) is 0 Å². The van der Waals surface area contributed by atoms with Crippen LogP contribution in [0.5, 0.6) is 5.75 Å². The molecule has 1 aliphatic rings. The Hall–Kier alpha value is -3.32. The van der Waals surface area contributed by atoms with Crippen LogP contribution in [0.15, 0.2) is 63.7 Å². The number of nitrogens with one attached hydrogen (secondary N) is 1. The number of aromatic amines is 1. The van der Waals surface area contributed by atoms with Gasteiger partial charge in [0.15, 0.2) is 0 Å². The Labute approximate surface area is 187 Å². The summed E-state index contributed by atoms with van der Waals surface area (Å²) in [6, 6.07) is 14.9. The van der Waals surface area contributed by atoms with E-state index in [1.807, 2.05) is 56.3 Å². The third kappa shape index (κ3) is 3.25. The van der Waals surface area contributed by atoms with Gasteiger partial charge in [-0.15, -0.1) is 0 Å². The number of nitrogens with zero attached hydrogens (tertiary/aromatic N) is 2. The molecule has 0 saturated heterocycles. The molecular weight excluding hydrogens is 458 g/mol. The number of aryl methyl sites for hydroxylation is 2. The topological polar surface area (TPSA) is 82.4 Å². The summed E-state index contributed by atoms with van der Waals surface area (Å²) in [7, 11) is 0. The number of carbonyl (C=O) groups is 1. The minimum atomic E-state index is -0.366. The van der Waals surface area contributed by atoms with E-state index in [-0.39, 0.29) is 17.7 Å². The lowest BCUT2D eigenvalue weighted by atomic mass is 9.93. The molecule has 2 aromatic heterocycles. The van der Waals surface area contributed by atoms with Gasteiger partial charge in [0.2, 0.25) is 0 Å². The number of benzene rings is 2. The lowest BCUT2D eigenvalue weighted by molar-refractivity contribution is 0.0717. The van der Waals surface area contributed by atoms with Crippen molar-refractivity contribution in [2.24, 2.45) is 0 Å². The standard InChI is InChI=1S/C24H20BrN3O3/c1-13-10-14(2)19(18(29)11-13)21-20-22(27-26-21)24(30)28(12-17-4-3-9-31-17)23(20)15-5-7-16(25)8-6-15/h3-11,23,29H,12H2,1-2H3,(H,26,27)/t23-/m0/s1. The summed E-state index contributed by atoms with van der Waals surface area (Å²) in [5, 5.41) is 18.1. The van der Waals surface area contributed by atoms with Gasteiger partial charge in [-0.1, -0.05) is 34.1 Å². The molecule has 0 bridgehead atoms. The van der Waals surface area contributed by atoms with E-state index in [0.29, 0.717) is 29.3 Å². The van der Waals surface area contributed by atoms with E-state index in [4.69, 9.17) is 4.42 Å². The van der Waals surface area contributed by atoms with Crippen LogP contribution in [0.2, 0.25) is 0 Å². The summed E-state index contributed by atoms with van der Waals surface area (Å²) in [6.45, 7) is 4.20. The van der Waals surface area contributed by atoms with Crippen molar-refractivity contribution in [2.75, 3.05) is 0 Å². The van der Waals surface area contributed by atoms with Crippen molar-refractivity contribution in [3.05, 3.63) is 93.0 Å². The third-order valence-corrected chi connectivity index (χ3v) is 6.18. The summed E-state index contributed by atoms with van der Waals surface area (Å²) in [6.07, 6.45) is 1.60. The van der Waals surface area contributed by atoms with Crippen molar-refractivity contribution in [3.63, 3.8) is 0 Å². The Morgan fingerprint density at radius 1 is 1.19 bits per heavy atom. The van der Waals surface area contributed by atoms with Gasteiger partial charge in [-0.2, -0.15) is 5.10 Å². The molecule has 7 heteroatoms. The van der Waals surface area contributed by atoms with E-state index in [0.717, 1.165) is 26.7 Å². The first-order valence-electron chi connectivity index (χ1n) is 9.91. The Bertz CT molecular complexity index is 1250. The number of amides is 1. The molecule has 0 unspecified atom stereocenters. The van der Waals surface area contributed by atoms with E-state index in [2.05, 4.69) is 26.1 Å². The van der Waals surface area contributed by atoms with E-state index in [1.54, 1.807) is 17.2 Å². The molecule has 4 aromatic rings. The van der Waals surface area contributed by atoms with Crippen molar-refractivity contribution in [1.29, 1.82) is 0 Å². The highest BCUT2D eigenvalue weighted by Gasteiger charge is 2.43. The van der Waals surface area contributed by atoms with E-state index in [1.165, 1.54) is 0 Å². The molecule has 156 valence electrons. The Morgan fingerprint density at radius 2 is 1.97 bits per heavy atom. The normalized spacial score (nSPS) is 15.5. The number of carbonyl (C=O) groups excluding carboxylic acids is 1. The second-order valence-corrected chi connectivity index (χ2v) is 8.72. The first-order valence-corrected chi connectivity index (χ1v) is 10.7. The molecule has 2 aromatic carbocycles. The van der Waals surface area contributed by atoms with Gasteiger partial charge in [0.05, 0.1) is 18.8 Å². The lowest BCUT2D eigenvalue weighted by Gasteiger charge is -2.26. The molecule has 5 rings (SSSR count). The second kappa shape index (κ2) is 7.42. The number of hydrogen-bond acceptors (Lipinski definition) is 4. The summed E-state index contributed by atoms with van der Waals surface area (Å²) in [4.78, 5) is 15.2. The molecule has 6 nitrogen and oxygen atoms in total. The predicted molar refractivity (Wildman–Crippen MR) is 120 cm³/mol. The second-order valence-electron chi connectivity index (χ2n) is 7.80. The van der Waals surface area contributed by atoms with Gasteiger partial charge in [-0.25, -0.2) is 0 Å². The molecule has 0 radical (unpaired) electrons. The van der Waals surface area contributed by atoms with Gasteiger partial charge in [-0.3, -0.25) is 9.89 Å². The van der Waals surface area contributed by atoms with Crippen molar-refractivity contribution in [3.8, 4) is 17.0 Å². The van der Waals surface area contributed by atoms with Crippen LogP contribution in [0.25, 0.3) is 11.3 Å². The number of aromatic nitrogens is 2. The van der Waals surface area contributed by atoms with Gasteiger partial charge in [0, 0.05) is 15.6 Å². The average Bonchev–Trinajstić information content (AvgIpc) is 3.43. The van der Waals surface area contributed by atoms with Crippen LogP contribution in [0.4, 0.5) is 0 Å². The van der Waals surface area contributed by atoms with Crippen LogP contribution in [-0.4, -0.2) is 26.1 Å². The molecule has 0 spiro atoms. The number of phenols is 1. The largest absolute Gasteiger partial charge is 0.507 e. The fraction of sp³-hybridized carbons (Fsp3) is 0.167. The number of fused-ring (bicyclic) bond motifs is 1. The Morgan fingerprint density at radius 3 is 2.65 bits per heavy atom. The van der Waals surface area contributed by atoms with Crippen LogP contribution in [0, 0.1) is 13.8 Å². The summed E-state index contributed by atoms with van der Waals surface area (Å²) < 4.78 is 6.48. The highest BCUT2D eigenvalue weighted by Crippen LogP contribution is 2.46. The molecule has 3 heterocycles. The third-order valence-electron chi connectivity index (χ3n) is 5.65. The quantitative estimate of drug-likeness (QED) is 0.406. The number of halogens is 1. The van der Waals surface area contributed by atoms with Crippen molar-refractivity contribution >= 4 is 21.8 Å². The summed E-state index contributed by atoms with van der Waals surface area (Å²) >= 11 is 3.48. The molecule has 0 fully saturated rings.